The fourth-order valence-corrected chi connectivity index (χ4v) is 6.14. The zero-order chi connectivity index (χ0) is 30.0. The highest BCUT2D eigenvalue weighted by atomic mass is 32.1. The zero-order valence-electron chi connectivity index (χ0n) is 22.1. The Bertz CT molecular complexity index is 2230. The predicted molar refractivity (Wildman–Crippen MR) is 154 cm³/mol. The topological polar surface area (TPSA) is 110 Å². The van der Waals surface area contributed by atoms with E-state index in [4.69, 9.17) is 4.42 Å². The second kappa shape index (κ2) is 9.63. The van der Waals surface area contributed by atoms with Crippen molar-refractivity contribution in [2.24, 2.45) is 0 Å². The Balaban J connectivity index is 1.24. The Labute approximate surface area is 243 Å². The molecule has 0 atom stereocenters. The summed E-state index contributed by atoms with van der Waals surface area (Å²) in [5, 5.41) is 7.70. The number of alkyl halides is 3. The second-order valence-electron chi connectivity index (χ2n) is 9.83. The van der Waals surface area contributed by atoms with Gasteiger partial charge in [-0.1, -0.05) is 53.8 Å². The molecule has 0 radical (unpaired) electrons. The summed E-state index contributed by atoms with van der Waals surface area (Å²) < 4.78 is 46.5. The molecule has 214 valence electrons. The minimum Gasteiger partial charge on any atom is -0.452 e. The first kappa shape index (κ1) is 26.6. The maximum atomic E-state index is 13.7. The molecule has 0 saturated heterocycles. The van der Waals surface area contributed by atoms with E-state index in [0.29, 0.717) is 22.6 Å². The first-order valence-electron chi connectivity index (χ1n) is 12.9. The van der Waals surface area contributed by atoms with Crippen LogP contribution < -0.4 is 20.3 Å². The van der Waals surface area contributed by atoms with Gasteiger partial charge < -0.3 is 9.73 Å². The van der Waals surface area contributed by atoms with Crippen molar-refractivity contribution >= 4 is 56.0 Å². The lowest BCUT2D eigenvalue weighted by molar-refractivity contribution is -0.137. The van der Waals surface area contributed by atoms with Crippen LogP contribution in [-0.2, 0) is 15.8 Å². The summed E-state index contributed by atoms with van der Waals surface area (Å²) in [4.78, 5) is 46.0. The van der Waals surface area contributed by atoms with E-state index < -0.39 is 35.7 Å². The van der Waals surface area contributed by atoms with Gasteiger partial charge in [-0.25, -0.2) is 0 Å². The van der Waals surface area contributed by atoms with Crippen LogP contribution in [0, 0.1) is 6.92 Å². The molecule has 0 bridgehead atoms. The fraction of sp³-hybridized carbons (Fsp3) is 0.100. The largest absolute Gasteiger partial charge is 0.452 e. The van der Waals surface area contributed by atoms with Gasteiger partial charge in [-0.05, 0) is 37.3 Å². The van der Waals surface area contributed by atoms with Gasteiger partial charge >= 0.3 is 6.18 Å². The van der Waals surface area contributed by atoms with Gasteiger partial charge in [0.2, 0.25) is 16.7 Å². The molecular formula is C30H18F3N5O4S. The number of aromatic nitrogens is 3. The Morgan fingerprint density at radius 1 is 1.02 bits per heavy atom. The van der Waals surface area contributed by atoms with Crippen molar-refractivity contribution in [3.63, 3.8) is 0 Å². The molecule has 0 aliphatic carbocycles. The molecule has 9 nitrogen and oxygen atoms in total. The highest BCUT2D eigenvalue weighted by Gasteiger charge is 2.36. The number of hydrogen-bond donors (Lipinski definition) is 1. The Morgan fingerprint density at radius 2 is 1.79 bits per heavy atom. The number of fused-ring (bicyclic) bond motifs is 3. The average molecular weight is 602 g/mol. The van der Waals surface area contributed by atoms with Crippen molar-refractivity contribution in [2.45, 2.75) is 13.1 Å². The molecule has 4 heterocycles. The lowest BCUT2D eigenvalue weighted by Crippen LogP contribution is -2.37. The second-order valence-corrected chi connectivity index (χ2v) is 10.8. The van der Waals surface area contributed by atoms with E-state index in [9.17, 15) is 27.6 Å². The number of aryl methyl sites for hydroxylation is 1. The molecule has 7 rings (SSSR count). The van der Waals surface area contributed by atoms with E-state index in [1.165, 1.54) is 17.0 Å². The SMILES string of the molecule is Cc1c(-c2nc3sc(=C4C(=O)N(CC(=O)Nc5cccc(C(F)(F)F)c5)c5ccccc54)c(=O)n3n2)oc2ccccc12. The minimum atomic E-state index is -4.58. The molecule has 3 aromatic carbocycles. The van der Waals surface area contributed by atoms with Gasteiger partial charge in [0, 0.05) is 22.2 Å². The summed E-state index contributed by atoms with van der Waals surface area (Å²) >= 11 is 0.988. The van der Waals surface area contributed by atoms with Gasteiger partial charge in [-0.2, -0.15) is 22.7 Å². The molecule has 0 unspecified atom stereocenters. The molecule has 6 aromatic rings. The maximum Gasteiger partial charge on any atom is 0.416 e. The molecule has 13 heteroatoms. The first-order valence-corrected chi connectivity index (χ1v) is 13.7. The number of thiazole rings is 1. The van der Waals surface area contributed by atoms with Gasteiger partial charge in [0.1, 0.15) is 16.7 Å². The standard InChI is InChI=1S/C30H18F3N5O4S/c1-15-18-9-3-5-12-21(18)42-24(15)26-35-29-38(36-26)28(41)25(43-29)23-19-10-2-4-11-20(19)37(27(23)40)14-22(39)34-17-8-6-7-16(13-17)30(31,32)33/h2-13H,14H2,1H3,(H,34,39). The molecule has 43 heavy (non-hydrogen) atoms. The third kappa shape index (κ3) is 4.36. The lowest BCUT2D eigenvalue weighted by atomic mass is 10.1. The summed E-state index contributed by atoms with van der Waals surface area (Å²) in [5.74, 6) is -0.638. The smallest absolute Gasteiger partial charge is 0.416 e. The van der Waals surface area contributed by atoms with E-state index in [-0.39, 0.29) is 26.6 Å². The van der Waals surface area contributed by atoms with Crippen LogP contribution in [0.5, 0.6) is 0 Å². The number of rotatable bonds is 4. The number of nitrogens with one attached hydrogen (secondary N) is 1. The monoisotopic (exact) mass is 601 g/mol. The molecule has 0 fully saturated rings. The number of amides is 2. The van der Waals surface area contributed by atoms with E-state index in [2.05, 4.69) is 15.4 Å². The highest BCUT2D eigenvalue weighted by molar-refractivity contribution is 7.15. The Morgan fingerprint density at radius 3 is 2.56 bits per heavy atom. The van der Waals surface area contributed by atoms with E-state index in [1.807, 2.05) is 31.2 Å². The van der Waals surface area contributed by atoms with Crippen LogP contribution in [0.4, 0.5) is 24.5 Å². The molecule has 1 aliphatic rings. The van der Waals surface area contributed by atoms with Gasteiger partial charge in [0.05, 0.1) is 16.8 Å². The molecule has 0 saturated carbocycles. The maximum absolute atomic E-state index is 13.7. The summed E-state index contributed by atoms with van der Waals surface area (Å²) in [7, 11) is 0. The van der Waals surface area contributed by atoms with E-state index in [0.717, 1.165) is 38.9 Å². The number of anilines is 2. The quantitative estimate of drug-likeness (QED) is 0.311. The number of nitrogens with zero attached hydrogens (tertiary/aromatic N) is 4. The van der Waals surface area contributed by atoms with Crippen LogP contribution in [0.1, 0.15) is 16.7 Å². The van der Waals surface area contributed by atoms with Crippen molar-refractivity contribution < 1.29 is 27.2 Å². The van der Waals surface area contributed by atoms with Crippen molar-refractivity contribution in [1.29, 1.82) is 0 Å². The van der Waals surface area contributed by atoms with Crippen LogP contribution in [0.2, 0.25) is 0 Å². The minimum absolute atomic E-state index is 0.0631. The number of para-hydroxylation sites is 2. The Kier molecular flexibility index (Phi) is 5.95. The van der Waals surface area contributed by atoms with Crippen LogP contribution >= 0.6 is 11.3 Å². The van der Waals surface area contributed by atoms with Crippen LogP contribution in [-0.4, -0.2) is 33.0 Å². The van der Waals surface area contributed by atoms with E-state index in [1.54, 1.807) is 24.3 Å². The van der Waals surface area contributed by atoms with Gasteiger partial charge in [0.15, 0.2) is 5.76 Å². The summed E-state index contributed by atoms with van der Waals surface area (Å²) in [6.45, 7) is 1.39. The van der Waals surface area contributed by atoms with Gasteiger partial charge in [-0.15, -0.1) is 5.10 Å². The first-order chi connectivity index (χ1) is 20.6. The fourth-order valence-electron chi connectivity index (χ4n) is 5.14. The van der Waals surface area contributed by atoms with Gasteiger partial charge in [-0.3, -0.25) is 19.3 Å². The van der Waals surface area contributed by atoms with Crippen LogP contribution in [0.25, 0.3) is 33.1 Å². The molecule has 1 aliphatic heterocycles. The molecule has 3 aromatic heterocycles. The predicted octanol–water partition coefficient (Wildman–Crippen LogP) is 4.79. The number of carbonyl (C=O) groups is 2. The van der Waals surface area contributed by atoms with Gasteiger partial charge in [0.25, 0.3) is 11.5 Å². The number of hydrogen-bond acceptors (Lipinski definition) is 7. The zero-order valence-corrected chi connectivity index (χ0v) is 22.9. The number of benzene rings is 3. The summed E-state index contributed by atoms with van der Waals surface area (Å²) in [6.07, 6.45) is -4.58. The normalized spacial score (nSPS) is 14.6. The van der Waals surface area contributed by atoms with Crippen LogP contribution in [0.15, 0.2) is 82.0 Å². The number of carbonyl (C=O) groups excluding carboxylic acids is 2. The van der Waals surface area contributed by atoms with Crippen LogP contribution in [0.3, 0.4) is 0 Å². The highest BCUT2D eigenvalue weighted by Crippen LogP contribution is 2.36. The molecule has 2 amide bonds. The van der Waals surface area contributed by atoms with Crippen molar-refractivity contribution in [2.75, 3.05) is 16.8 Å². The third-order valence-corrected chi connectivity index (χ3v) is 8.16. The number of halogens is 3. The van der Waals surface area contributed by atoms with Crippen molar-refractivity contribution in [3.8, 4) is 11.6 Å². The number of furan rings is 1. The average Bonchev–Trinajstić information content (AvgIpc) is 3.70. The lowest BCUT2D eigenvalue weighted by Gasteiger charge is -2.17. The Hall–Kier alpha value is -5.30. The van der Waals surface area contributed by atoms with Crippen molar-refractivity contribution in [3.05, 3.63) is 104 Å². The molecule has 1 N–H and O–H groups in total. The summed E-state index contributed by atoms with van der Waals surface area (Å²) in [5.41, 5.74) is 0.875. The van der Waals surface area contributed by atoms with E-state index >= 15 is 0 Å². The molecule has 0 spiro atoms. The summed E-state index contributed by atoms with van der Waals surface area (Å²) in [6, 6.07) is 18.3. The third-order valence-electron chi connectivity index (χ3n) is 7.13. The van der Waals surface area contributed by atoms with Crippen molar-refractivity contribution in [1.82, 2.24) is 14.6 Å². The molecular weight excluding hydrogens is 583 g/mol.